The van der Waals surface area contributed by atoms with Gasteiger partial charge in [-0.3, -0.25) is 9.13 Å². The second kappa shape index (κ2) is 17.3. The molecule has 1 aromatic rings. The zero-order valence-electron chi connectivity index (χ0n) is 27.9. The molecule has 2 aliphatic heterocycles. The number of benzene rings is 1. The quantitative estimate of drug-likeness (QED) is 0.212. The van der Waals surface area contributed by atoms with Crippen molar-refractivity contribution in [3.8, 4) is 0 Å². The Labute approximate surface area is 247 Å². The first-order valence-corrected chi connectivity index (χ1v) is 16.5. The highest BCUT2D eigenvalue weighted by Crippen LogP contribution is 2.59. The summed E-state index contributed by atoms with van der Waals surface area (Å²) in [6.45, 7) is -6.66. The van der Waals surface area contributed by atoms with Crippen molar-refractivity contribution >= 4 is 61.7 Å². The van der Waals surface area contributed by atoms with Crippen molar-refractivity contribution in [2.45, 2.75) is 25.8 Å². The first-order chi connectivity index (χ1) is 20.3. The average Bonchev–Trinajstić information content (AvgIpc) is 2.97. The van der Waals surface area contributed by atoms with Gasteiger partial charge in [0.2, 0.25) is 0 Å². The molecule has 14 heteroatoms. The summed E-state index contributed by atoms with van der Waals surface area (Å²) >= 11 is 22.5. The summed E-state index contributed by atoms with van der Waals surface area (Å²) < 4.78 is 103. The standard InChI is InChI=1S/C15H23Cl2N2O2P.C7H15Cl2N2O2P/c1-14(15-6-3-2-4-7-15)19-10-5-13-21-22(19,20)18(11-8-16)12-9-17;8-2-5-11(6-3-9)14(12)10-4-1-7-13-14/h2-4,6-7,14H,5,8-13H2,1H3;1-7H2,(H,10,12)/i11T2,12T2;5T2,6T2. The van der Waals surface area contributed by atoms with Crippen molar-refractivity contribution in [2.24, 2.45) is 0 Å². The van der Waals surface area contributed by atoms with Crippen LogP contribution in [-0.2, 0) is 18.2 Å². The zero-order valence-corrected chi connectivity index (χ0v) is 24.7. The van der Waals surface area contributed by atoms with Crippen molar-refractivity contribution in [3.63, 3.8) is 0 Å². The van der Waals surface area contributed by atoms with Crippen LogP contribution in [0.3, 0.4) is 0 Å². The second-order valence-corrected chi connectivity index (χ2v) is 12.6. The summed E-state index contributed by atoms with van der Waals surface area (Å²) in [5.41, 5.74) is 0.871. The topological polar surface area (TPSA) is 74.4 Å². The van der Waals surface area contributed by atoms with Gasteiger partial charge < -0.3 is 9.05 Å². The lowest BCUT2D eigenvalue weighted by Gasteiger charge is -2.43. The van der Waals surface area contributed by atoms with Crippen molar-refractivity contribution in [1.29, 1.82) is 0 Å². The molecule has 0 aliphatic carbocycles. The summed E-state index contributed by atoms with van der Waals surface area (Å²) in [5, 5.41) is 2.54. The molecule has 2 aliphatic rings. The van der Waals surface area contributed by atoms with Crippen LogP contribution < -0.4 is 5.09 Å². The Bertz CT molecular complexity index is 1130. The van der Waals surface area contributed by atoms with Crippen LogP contribution in [0.25, 0.3) is 0 Å². The van der Waals surface area contributed by atoms with E-state index in [0.29, 0.717) is 35.3 Å². The van der Waals surface area contributed by atoms with Crippen LogP contribution >= 0.6 is 61.7 Å². The highest BCUT2D eigenvalue weighted by atomic mass is 35.5. The third-order valence-electron chi connectivity index (χ3n) is 5.10. The number of nitrogens with one attached hydrogen (secondary N) is 1. The molecule has 3 atom stereocenters. The maximum absolute atomic E-state index is 13.9. The van der Waals surface area contributed by atoms with Crippen LogP contribution in [-0.4, -0.2) is 89.8 Å². The van der Waals surface area contributed by atoms with Gasteiger partial charge in [0.15, 0.2) is 0 Å². The minimum absolute atomic E-state index is 0.141. The Morgan fingerprint density at radius 3 is 2.03 bits per heavy atom. The van der Waals surface area contributed by atoms with Gasteiger partial charge in [-0.05, 0) is 25.3 Å². The zero-order chi connectivity index (χ0) is 33.6. The van der Waals surface area contributed by atoms with Crippen LogP contribution in [0.4, 0.5) is 0 Å². The Morgan fingerprint density at radius 2 is 1.50 bits per heavy atom. The third-order valence-corrected chi connectivity index (χ3v) is 10.0. The third kappa shape index (κ3) is 9.36. The minimum atomic E-state index is -4.08. The molecule has 0 bridgehead atoms. The molecule has 208 valence electrons. The summed E-state index contributed by atoms with van der Waals surface area (Å²) in [6.07, 6.45) is 1.22. The van der Waals surface area contributed by atoms with E-state index in [9.17, 15) is 9.13 Å². The van der Waals surface area contributed by atoms with Crippen molar-refractivity contribution < 1.29 is 29.1 Å². The molecule has 0 saturated carbocycles. The van der Waals surface area contributed by atoms with Gasteiger partial charge in [-0.1, -0.05) is 30.3 Å². The van der Waals surface area contributed by atoms with E-state index in [4.69, 9.17) is 66.4 Å². The lowest BCUT2D eigenvalue weighted by molar-refractivity contribution is 0.148. The van der Waals surface area contributed by atoms with E-state index in [1.165, 1.54) is 4.67 Å². The van der Waals surface area contributed by atoms with E-state index in [2.05, 4.69) is 5.09 Å². The SMILES string of the molecule is [3H]C([3H])(CCl)N(C([3H])([3H])CCl)P1(=O)NCCCO1.[3H]C([3H])(CCl)N(C([3H])([3H])CCl)P1(=O)OCCCN1C(C)c1ccccc1. The molecular weight excluding hydrogens is 588 g/mol. The van der Waals surface area contributed by atoms with Crippen LogP contribution in [0, 0.1) is 0 Å². The molecular formula is C22H38Cl4N4O4P2. The molecule has 0 radical (unpaired) electrons. The highest BCUT2D eigenvalue weighted by molar-refractivity contribution is 7.54. The molecule has 2 saturated heterocycles. The Balaban J connectivity index is 0.000000329. The molecule has 2 fully saturated rings. The molecule has 8 nitrogen and oxygen atoms in total. The Kier molecular flexibility index (Phi) is 10.7. The summed E-state index contributed by atoms with van der Waals surface area (Å²) in [6, 6.07) is 8.96. The first kappa shape index (κ1) is 22.3. The van der Waals surface area contributed by atoms with Gasteiger partial charge in [-0.25, -0.2) is 19.1 Å². The van der Waals surface area contributed by atoms with Gasteiger partial charge in [0.05, 0.1) is 13.2 Å². The lowest BCUT2D eigenvalue weighted by Crippen LogP contribution is -2.40. The fraction of sp³-hybridized carbons (Fsp3) is 0.727. The largest absolute Gasteiger partial charge is 0.346 e. The molecule has 36 heavy (non-hydrogen) atoms. The van der Waals surface area contributed by atoms with Crippen LogP contribution in [0.2, 0.25) is 0 Å². The van der Waals surface area contributed by atoms with E-state index < -0.39 is 64.8 Å². The lowest BCUT2D eigenvalue weighted by atomic mass is 10.1. The normalized spacial score (nSPS) is 30.9. The second-order valence-electron chi connectivity index (χ2n) is 7.33. The maximum Gasteiger partial charge on any atom is 0.346 e. The Morgan fingerprint density at radius 1 is 0.944 bits per heavy atom. The van der Waals surface area contributed by atoms with Crippen molar-refractivity contribution in [1.82, 2.24) is 19.1 Å². The molecule has 0 amide bonds. The predicted molar refractivity (Wildman–Crippen MR) is 152 cm³/mol. The van der Waals surface area contributed by atoms with Gasteiger partial charge in [0, 0.05) is 79.6 Å². The van der Waals surface area contributed by atoms with E-state index in [0.717, 1.165) is 5.56 Å². The monoisotopic (exact) mass is 640 g/mol. The smallest absolute Gasteiger partial charge is 0.306 e. The molecule has 1 aromatic carbocycles. The van der Waals surface area contributed by atoms with Gasteiger partial charge >= 0.3 is 15.3 Å². The Hall–Kier alpha value is 0.600. The number of alkyl halides is 4. The van der Waals surface area contributed by atoms with Crippen LogP contribution in [0.5, 0.6) is 0 Å². The van der Waals surface area contributed by atoms with E-state index >= 15 is 0 Å². The van der Waals surface area contributed by atoms with Crippen LogP contribution in [0.1, 0.15) is 42.3 Å². The summed E-state index contributed by atoms with van der Waals surface area (Å²) in [4.78, 5) is 0. The van der Waals surface area contributed by atoms with Gasteiger partial charge in [-0.15, -0.1) is 46.4 Å². The average molecular weight is 642 g/mol. The summed E-state index contributed by atoms with van der Waals surface area (Å²) in [5.74, 6) is -2.27. The van der Waals surface area contributed by atoms with E-state index in [1.54, 1.807) is 0 Å². The van der Waals surface area contributed by atoms with Gasteiger partial charge in [0.1, 0.15) is 0 Å². The minimum Gasteiger partial charge on any atom is -0.306 e. The number of rotatable bonds is 12. The molecule has 2 heterocycles. The number of nitrogens with zero attached hydrogens (tertiary/aromatic N) is 3. The number of hydrogen-bond donors (Lipinski definition) is 1. The van der Waals surface area contributed by atoms with E-state index in [1.807, 2.05) is 37.3 Å². The van der Waals surface area contributed by atoms with Crippen molar-refractivity contribution in [3.05, 3.63) is 35.9 Å². The first-order valence-electron chi connectivity index (χ1n) is 15.2. The van der Waals surface area contributed by atoms with E-state index in [-0.39, 0.29) is 19.3 Å². The number of halogens is 4. The van der Waals surface area contributed by atoms with Crippen molar-refractivity contribution in [2.75, 3.05) is 75.8 Å². The van der Waals surface area contributed by atoms with Crippen LogP contribution in [0.15, 0.2) is 30.3 Å². The number of hydrogen-bond acceptors (Lipinski definition) is 4. The highest BCUT2D eigenvalue weighted by Gasteiger charge is 2.43. The fourth-order valence-corrected chi connectivity index (χ4v) is 8.27. The molecule has 0 aromatic heterocycles. The molecule has 3 rings (SSSR count). The predicted octanol–water partition coefficient (Wildman–Crippen LogP) is 6.24. The van der Waals surface area contributed by atoms with Gasteiger partial charge in [0.25, 0.3) is 0 Å². The summed E-state index contributed by atoms with van der Waals surface area (Å²) in [7, 11) is -7.92. The molecule has 3 unspecified atom stereocenters. The molecule has 1 N–H and O–H groups in total. The van der Waals surface area contributed by atoms with Gasteiger partial charge in [-0.2, -0.15) is 0 Å². The molecule has 0 spiro atoms. The fourth-order valence-electron chi connectivity index (χ4n) is 3.46. The maximum atomic E-state index is 13.9.